The molecular formula is C10H14N4O2. The largest absolute Gasteiger partial charge is 0.443 e. The Balaban J connectivity index is 2.30. The molecule has 0 unspecified atom stereocenters. The lowest BCUT2D eigenvalue weighted by Gasteiger charge is -2.19. The quantitative estimate of drug-likeness (QED) is 0.710. The molecular weight excluding hydrogens is 208 g/mol. The van der Waals surface area contributed by atoms with E-state index in [4.69, 9.17) is 10.5 Å². The number of nitrogens with one attached hydrogen (secondary N) is 1. The van der Waals surface area contributed by atoms with E-state index in [0.29, 0.717) is 16.7 Å². The standard InChI is InChI=1S/C10H14N4O2/c1-10(2,3)16-9(15)14-4-6-7(5-14)12-13-8(6)11/h4-5,12H,1-3H3,(H2,11,13). The van der Waals surface area contributed by atoms with Gasteiger partial charge in [-0.25, -0.2) is 4.79 Å². The zero-order chi connectivity index (χ0) is 11.9. The molecule has 2 aromatic rings. The number of hydrogen-bond donors (Lipinski definition) is 2. The van der Waals surface area contributed by atoms with E-state index in [9.17, 15) is 4.79 Å². The Morgan fingerprint density at radius 2 is 2.19 bits per heavy atom. The molecule has 6 heteroatoms. The minimum atomic E-state index is -0.515. The molecule has 0 radical (unpaired) electrons. The lowest BCUT2D eigenvalue weighted by molar-refractivity contribution is 0.0538. The number of nitrogens with two attached hydrogens (primary N) is 1. The second-order valence-corrected chi connectivity index (χ2v) is 4.58. The Labute approximate surface area is 92.4 Å². The average Bonchev–Trinajstić information content (AvgIpc) is 2.65. The summed E-state index contributed by atoms with van der Waals surface area (Å²) in [6, 6.07) is 0. The van der Waals surface area contributed by atoms with Gasteiger partial charge in [0.05, 0.1) is 10.9 Å². The zero-order valence-electron chi connectivity index (χ0n) is 9.44. The highest BCUT2D eigenvalue weighted by Gasteiger charge is 2.18. The first-order chi connectivity index (χ1) is 7.37. The van der Waals surface area contributed by atoms with E-state index in [0.717, 1.165) is 0 Å². The van der Waals surface area contributed by atoms with Crippen LogP contribution < -0.4 is 5.73 Å². The van der Waals surface area contributed by atoms with Gasteiger partial charge in [0.25, 0.3) is 0 Å². The first kappa shape index (κ1) is 10.5. The Hall–Kier alpha value is -1.98. The zero-order valence-corrected chi connectivity index (χ0v) is 9.44. The van der Waals surface area contributed by atoms with Crippen molar-refractivity contribution in [2.45, 2.75) is 26.4 Å². The number of aromatic nitrogens is 3. The van der Waals surface area contributed by atoms with Crippen LogP contribution in [0.1, 0.15) is 20.8 Å². The van der Waals surface area contributed by atoms with Crippen molar-refractivity contribution in [1.29, 1.82) is 0 Å². The Morgan fingerprint density at radius 3 is 2.75 bits per heavy atom. The topological polar surface area (TPSA) is 85.9 Å². The fourth-order valence-corrected chi connectivity index (χ4v) is 1.35. The number of nitrogens with zero attached hydrogens (tertiary/aromatic N) is 2. The summed E-state index contributed by atoms with van der Waals surface area (Å²) in [5.74, 6) is 0.373. The van der Waals surface area contributed by atoms with E-state index in [1.54, 1.807) is 12.4 Å². The number of aromatic amines is 1. The maximum atomic E-state index is 11.7. The predicted molar refractivity (Wildman–Crippen MR) is 60.1 cm³/mol. The molecule has 86 valence electrons. The number of hydrogen-bond acceptors (Lipinski definition) is 4. The van der Waals surface area contributed by atoms with Gasteiger partial charge in [-0.3, -0.25) is 9.67 Å². The monoisotopic (exact) mass is 222 g/mol. The smallest absolute Gasteiger partial charge is 0.418 e. The van der Waals surface area contributed by atoms with Gasteiger partial charge in [0, 0.05) is 12.4 Å². The van der Waals surface area contributed by atoms with Crippen molar-refractivity contribution in [3.8, 4) is 0 Å². The number of carbonyl (C=O) groups excluding carboxylic acids is 1. The molecule has 0 spiro atoms. The predicted octanol–water partition coefficient (Wildman–Crippen LogP) is 1.73. The highest BCUT2D eigenvalue weighted by Crippen LogP contribution is 2.19. The second kappa shape index (κ2) is 3.26. The first-order valence-electron chi connectivity index (χ1n) is 4.92. The molecule has 2 heterocycles. The van der Waals surface area contributed by atoms with Crippen molar-refractivity contribution in [3.63, 3.8) is 0 Å². The molecule has 0 fully saturated rings. The molecule has 0 aliphatic rings. The number of anilines is 1. The van der Waals surface area contributed by atoms with Crippen molar-refractivity contribution in [1.82, 2.24) is 14.8 Å². The highest BCUT2D eigenvalue weighted by atomic mass is 16.6. The van der Waals surface area contributed by atoms with Gasteiger partial charge in [0.2, 0.25) is 0 Å². The molecule has 6 nitrogen and oxygen atoms in total. The Bertz CT molecular complexity index is 532. The summed E-state index contributed by atoms with van der Waals surface area (Å²) < 4.78 is 6.56. The van der Waals surface area contributed by atoms with Gasteiger partial charge < -0.3 is 10.5 Å². The van der Waals surface area contributed by atoms with Crippen LogP contribution >= 0.6 is 0 Å². The fraction of sp³-hybridized carbons (Fsp3) is 0.400. The van der Waals surface area contributed by atoms with Crippen molar-refractivity contribution < 1.29 is 9.53 Å². The van der Waals surface area contributed by atoms with E-state index >= 15 is 0 Å². The van der Waals surface area contributed by atoms with Crippen molar-refractivity contribution in [2.75, 3.05) is 5.73 Å². The molecule has 0 aliphatic heterocycles. The second-order valence-electron chi connectivity index (χ2n) is 4.58. The third kappa shape index (κ3) is 1.86. The van der Waals surface area contributed by atoms with E-state index in [1.807, 2.05) is 20.8 Å². The molecule has 0 amide bonds. The first-order valence-corrected chi connectivity index (χ1v) is 4.92. The van der Waals surface area contributed by atoms with Crippen molar-refractivity contribution in [2.24, 2.45) is 0 Å². The highest BCUT2D eigenvalue weighted by molar-refractivity contribution is 5.91. The minimum absolute atomic E-state index is 0.373. The summed E-state index contributed by atoms with van der Waals surface area (Å²) in [4.78, 5) is 11.7. The minimum Gasteiger partial charge on any atom is -0.443 e. The number of nitrogen functional groups attached to an aromatic ring is 1. The van der Waals surface area contributed by atoms with Crippen molar-refractivity contribution >= 4 is 22.8 Å². The normalized spacial score (nSPS) is 11.9. The van der Waals surface area contributed by atoms with Gasteiger partial charge in [-0.15, -0.1) is 0 Å². The summed E-state index contributed by atoms with van der Waals surface area (Å²) in [7, 11) is 0. The van der Waals surface area contributed by atoms with Gasteiger partial charge in [-0.2, -0.15) is 5.10 Å². The third-order valence-electron chi connectivity index (χ3n) is 2.00. The Kier molecular flexibility index (Phi) is 2.15. The molecule has 3 N–H and O–H groups in total. The number of ether oxygens (including phenoxy) is 1. The van der Waals surface area contributed by atoms with E-state index < -0.39 is 11.7 Å². The lowest BCUT2D eigenvalue weighted by atomic mass is 10.2. The van der Waals surface area contributed by atoms with Gasteiger partial charge in [-0.1, -0.05) is 0 Å². The van der Waals surface area contributed by atoms with Crippen LogP contribution in [0.2, 0.25) is 0 Å². The van der Waals surface area contributed by atoms with Gasteiger partial charge in [0.1, 0.15) is 5.60 Å². The number of carbonyl (C=O) groups is 1. The number of fused-ring (bicyclic) bond motifs is 1. The van der Waals surface area contributed by atoms with Gasteiger partial charge in [0.15, 0.2) is 5.82 Å². The molecule has 0 atom stereocenters. The van der Waals surface area contributed by atoms with Crippen LogP contribution in [0.4, 0.5) is 10.6 Å². The molecule has 0 saturated heterocycles. The van der Waals surface area contributed by atoms with Crippen LogP contribution in [-0.2, 0) is 4.74 Å². The molecule has 0 bridgehead atoms. The van der Waals surface area contributed by atoms with Crippen LogP contribution in [0.5, 0.6) is 0 Å². The fourth-order valence-electron chi connectivity index (χ4n) is 1.35. The van der Waals surface area contributed by atoms with E-state index in [-0.39, 0.29) is 0 Å². The Morgan fingerprint density at radius 1 is 1.50 bits per heavy atom. The lowest BCUT2D eigenvalue weighted by Crippen LogP contribution is -2.26. The molecule has 0 aliphatic carbocycles. The molecule has 2 aromatic heterocycles. The van der Waals surface area contributed by atoms with Gasteiger partial charge in [-0.05, 0) is 20.8 Å². The van der Waals surface area contributed by atoms with Crippen LogP contribution in [-0.4, -0.2) is 26.5 Å². The maximum absolute atomic E-state index is 11.7. The average molecular weight is 222 g/mol. The summed E-state index contributed by atoms with van der Waals surface area (Å²) in [5.41, 5.74) is 5.81. The van der Waals surface area contributed by atoms with Crippen molar-refractivity contribution in [3.05, 3.63) is 12.4 Å². The van der Waals surface area contributed by atoms with Gasteiger partial charge >= 0.3 is 6.09 Å². The van der Waals surface area contributed by atoms with E-state index in [1.165, 1.54) is 4.57 Å². The number of rotatable bonds is 0. The SMILES string of the molecule is CC(C)(C)OC(=O)n1cc2[nH]nc(N)c2c1. The van der Waals surface area contributed by atoms with Crippen LogP contribution in [0.15, 0.2) is 12.4 Å². The third-order valence-corrected chi connectivity index (χ3v) is 2.00. The maximum Gasteiger partial charge on any atom is 0.418 e. The summed E-state index contributed by atoms with van der Waals surface area (Å²) in [6.45, 7) is 5.45. The van der Waals surface area contributed by atoms with Crippen LogP contribution in [0.25, 0.3) is 10.9 Å². The molecule has 2 rings (SSSR count). The molecule has 16 heavy (non-hydrogen) atoms. The molecule has 0 saturated carbocycles. The summed E-state index contributed by atoms with van der Waals surface area (Å²) in [5, 5.41) is 7.25. The van der Waals surface area contributed by atoms with Crippen LogP contribution in [0, 0.1) is 0 Å². The van der Waals surface area contributed by atoms with Crippen LogP contribution in [0.3, 0.4) is 0 Å². The molecule has 0 aromatic carbocycles. The number of H-pyrrole nitrogens is 1. The summed E-state index contributed by atoms with van der Waals surface area (Å²) in [6.07, 6.45) is 2.77. The summed E-state index contributed by atoms with van der Waals surface area (Å²) >= 11 is 0. The van der Waals surface area contributed by atoms with E-state index in [2.05, 4.69) is 10.2 Å².